The molecule has 1 aliphatic rings. The average Bonchev–Trinajstić information content (AvgIpc) is 3.59. The van der Waals surface area contributed by atoms with Crippen LogP contribution in [0.4, 0.5) is 0 Å². The maximum absolute atomic E-state index is 14.3. The van der Waals surface area contributed by atoms with Gasteiger partial charge in [-0.15, -0.1) is 0 Å². The number of imidazole rings is 1. The van der Waals surface area contributed by atoms with Crippen LogP contribution >= 0.6 is 0 Å². The molecule has 3 aromatic rings. The van der Waals surface area contributed by atoms with Gasteiger partial charge in [0, 0.05) is 6.42 Å². The van der Waals surface area contributed by atoms with Crippen LogP contribution in [-0.4, -0.2) is 57.7 Å². The average molecular weight is 659 g/mol. The van der Waals surface area contributed by atoms with E-state index in [1.807, 2.05) is 39.8 Å². The zero-order valence-corrected chi connectivity index (χ0v) is 29.1. The zero-order chi connectivity index (χ0) is 34.2. The number of benzene rings is 1. The van der Waals surface area contributed by atoms with Crippen LogP contribution in [0.5, 0.6) is 0 Å². The summed E-state index contributed by atoms with van der Waals surface area (Å²) in [5.74, 6) is -1.66. The quantitative estimate of drug-likeness (QED) is 0.250. The summed E-state index contributed by atoms with van der Waals surface area (Å²) < 4.78 is 48.0. The summed E-state index contributed by atoms with van der Waals surface area (Å²) in [5, 5.41) is 0. The molecule has 12 nitrogen and oxygen atoms in total. The van der Waals surface area contributed by atoms with Crippen molar-refractivity contribution in [1.29, 1.82) is 0 Å². The van der Waals surface area contributed by atoms with Crippen molar-refractivity contribution in [1.82, 2.24) is 18.5 Å². The summed E-state index contributed by atoms with van der Waals surface area (Å²) in [6, 6.07) is 3.82. The van der Waals surface area contributed by atoms with Gasteiger partial charge in [0.1, 0.15) is 31.4 Å². The first kappa shape index (κ1) is 35.3. The van der Waals surface area contributed by atoms with Gasteiger partial charge in [0.2, 0.25) is 0 Å². The van der Waals surface area contributed by atoms with Gasteiger partial charge >= 0.3 is 11.9 Å². The molecule has 0 aliphatic carbocycles. The molecule has 3 atom stereocenters. The molecule has 1 fully saturated rings. The van der Waals surface area contributed by atoms with Crippen molar-refractivity contribution in [2.24, 2.45) is 11.8 Å². The smallest absolute Gasteiger partial charge is 0.308 e. The molecule has 4 rings (SSSR count). The largest absolute Gasteiger partial charge is 0.463 e. The fraction of sp³-hybridized carbons (Fsp3) is 0.606. The number of carbonyl (C=O) groups excluding carboxylic acids is 2. The third-order valence-electron chi connectivity index (χ3n) is 8.14. The topological polar surface area (TPSA) is 149 Å². The molecule has 0 saturated carbocycles. The van der Waals surface area contributed by atoms with E-state index in [2.05, 4.69) is 23.8 Å². The highest BCUT2D eigenvalue weighted by Gasteiger charge is 2.41. The monoisotopic (exact) mass is 658 g/mol. The van der Waals surface area contributed by atoms with Crippen LogP contribution in [0.1, 0.15) is 116 Å². The highest BCUT2D eigenvalue weighted by molar-refractivity contribution is 7.90. The molecule has 46 heavy (non-hydrogen) atoms. The molecule has 252 valence electrons. The summed E-state index contributed by atoms with van der Waals surface area (Å²) in [7, 11) is -4.37. The summed E-state index contributed by atoms with van der Waals surface area (Å²) in [6.07, 6.45) is 0.244. The second kappa shape index (κ2) is 13.6. The fourth-order valence-corrected chi connectivity index (χ4v) is 7.18. The van der Waals surface area contributed by atoms with E-state index in [1.54, 1.807) is 27.7 Å². The Kier molecular flexibility index (Phi) is 10.5. The van der Waals surface area contributed by atoms with Gasteiger partial charge in [-0.1, -0.05) is 81.4 Å². The highest BCUT2D eigenvalue weighted by Crippen LogP contribution is 2.36. The Balaban J connectivity index is 1.75. The molecule has 1 saturated heterocycles. The van der Waals surface area contributed by atoms with Crippen LogP contribution in [-0.2, 0) is 33.8 Å². The predicted octanol–water partition coefficient (Wildman–Crippen LogP) is 5.25. The van der Waals surface area contributed by atoms with Crippen LogP contribution in [0.15, 0.2) is 34.5 Å². The maximum atomic E-state index is 14.3. The van der Waals surface area contributed by atoms with E-state index in [-0.39, 0.29) is 58.7 Å². The first-order valence-electron chi connectivity index (χ1n) is 15.9. The van der Waals surface area contributed by atoms with Crippen molar-refractivity contribution >= 4 is 33.1 Å². The summed E-state index contributed by atoms with van der Waals surface area (Å²) in [5.41, 5.74) is 1.41. The van der Waals surface area contributed by atoms with Crippen molar-refractivity contribution in [3.63, 3.8) is 0 Å². The molecule has 1 aromatic carbocycles. The van der Waals surface area contributed by atoms with Gasteiger partial charge in [-0.2, -0.15) is 3.97 Å². The molecule has 2 aromatic heterocycles. The van der Waals surface area contributed by atoms with E-state index in [4.69, 9.17) is 14.2 Å². The number of hydrogen-bond acceptors (Lipinski definition) is 10. The first-order valence-corrected chi connectivity index (χ1v) is 17.3. The number of esters is 2. The van der Waals surface area contributed by atoms with Crippen molar-refractivity contribution in [3.05, 3.63) is 51.8 Å². The van der Waals surface area contributed by atoms with Crippen molar-refractivity contribution in [3.8, 4) is 0 Å². The Morgan fingerprint density at radius 2 is 1.48 bits per heavy atom. The first-order chi connectivity index (χ1) is 21.4. The molecule has 13 heteroatoms. The van der Waals surface area contributed by atoms with Gasteiger partial charge < -0.3 is 14.2 Å². The minimum atomic E-state index is -4.37. The lowest BCUT2D eigenvalue weighted by molar-refractivity contribution is -0.162. The number of ether oxygens (including phenoxy) is 3. The van der Waals surface area contributed by atoms with E-state index in [0.717, 1.165) is 11.9 Å². The Hall–Kier alpha value is -3.58. The molecular weight excluding hydrogens is 612 g/mol. The Morgan fingerprint density at radius 3 is 2.00 bits per heavy atom. The van der Waals surface area contributed by atoms with Gasteiger partial charge in [0.05, 0.1) is 23.1 Å². The van der Waals surface area contributed by atoms with Crippen LogP contribution < -0.4 is 5.56 Å². The molecule has 0 unspecified atom stereocenters. The highest BCUT2D eigenvalue weighted by atomic mass is 32.2. The Labute approximate surface area is 270 Å². The van der Waals surface area contributed by atoms with Crippen molar-refractivity contribution in [2.45, 2.75) is 117 Å². The molecule has 0 spiro atoms. The normalized spacial score (nSPS) is 18.9. The van der Waals surface area contributed by atoms with Gasteiger partial charge in [-0.25, -0.2) is 18.4 Å². The lowest BCUT2D eigenvalue weighted by Gasteiger charge is -2.23. The zero-order valence-electron chi connectivity index (χ0n) is 28.3. The van der Waals surface area contributed by atoms with Gasteiger partial charge in [-0.3, -0.25) is 19.0 Å². The number of fused-ring (bicyclic) bond motifs is 1. The molecule has 0 amide bonds. The minimum Gasteiger partial charge on any atom is -0.463 e. The second-order valence-electron chi connectivity index (χ2n) is 13.4. The fourth-order valence-electron chi connectivity index (χ4n) is 5.33. The van der Waals surface area contributed by atoms with Gasteiger partial charge in [0.15, 0.2) is 11.2 Å². The van der Waals surface area contributed by atoms with Gasteiger partial charge in [0.25, 0.3) is 15.6 Å². The van der Waals surface area contributed by atoms with E-state index in [0.29, 0.717) is 15.1 Å². The van der Waals surface area contributed by atoms with Crippen LogP contribution in [0.2, 0.25) is 0 Å². The lowest BCUT2D eigenvalue weighted by atomic mass is 9.89. The number of nitrogens with zero attached hydrogens (tertiary/aromatic N) is 4. The lowest BCUT2D eigenvalue weighted by Crippen LogP contribution is -2.33. The third kappa shape index (κ3) is 6.90. The molecule has 0 radical (unpaired) electrons. The van der Waals surface area contributed by atoms with E-state index in [1.165, 1.54) is 10.9 Å². The van der Waals surface area contributed by atoms with Gasteiger partial charge in [-0.05, 0) is 34.4 Å². The standard InChI is InChI=1S/C33H46N4O8S/c1-17(2)22-11-23(18(3)4)29(24(12-22)19(5)6)46(41,42)37-16-35-30-28(31(37)38)34-15-36(30)27-13-25(45-33(40)21(9)10)26(44-27)14-43-32(39)20(7)8/h11-12,15-21,25-27H,13-14H2,1-10H3/t25-,26+,27+/m0/s1. The van der Waals surface area contributed by atoms with Crippen molar-refractivity contribution in [2.75, 3.05) is 6.61 Å². The predicted molar refractivity (Wildman–Crippen MR) is 172 cm³/mol. The molecule has 1 aliphatic heterocycles. The summed E-state index contributed by atoms with van der Waals surface area (Å²) >= 11 is 0. The van der Waals surface area contributed by atoms with E-state index in [9.17, 15) is 22.8 Å². The minimum absolute atomic E-state index is 0.109. The SMILES string of the molecule is CC(C)C(=O)OC[C@H]1O[C@@H](n2cnc3c(=O)n(S(=O)(=O)c4c(C(C)C)cc(C(C)C)cc4C(C)C)cnc32)C[C@@H]1OC(=O)C(C)C. The van der Waals surface area contributed by atoms with E-state index >= 15 is 0 Å². The van der Waals surface area contributed by atoms with Crippen LogP contribution in [0.3, 0.4) is 0 Å². The number of rotatable bonds is 11. The Morgan fingerprint density at radius 1 is 0.891 bits per heavy atom. The summed E-state index contributed by atoms with van der Waals surface area (Å²) in [4.78, 5) is 47.1. The molecule has 0 N–H and O–H groups in total. The summed E-state index contributed by atoms with van der Waals surface area (Å²) in [6.45, 7) is 18.5. The van der Waals surface area contributed by atoms with E-state index < -0.39 is 46.0 Å². The molecular formula is C33H46N4O8S. The number of aromatic nitrogens is 4. The van der Waals surface area contributed by atoms with Crippen molar-refractivity contribution < 1.29 is 32.2 Å². The third-order valence-corrected chi connectivity index (χ3v) is 9.91. The second-order valence-corrected chi connectivity index (χ2v) is 15.2. The Bertz CT molecular complexity index is 1740. The van der Waals surface area contributed by atoms with Crippen LogP contribution in [0.25, 0.3) is 11.2 Å². The number of hydrogen-bond donors (Lipinski definition) is 0. The number of carbonyl (C=O) groups is 2. The van der Waals surface area contributed by atoms with Crippen LogP contribution in [0, 0.1) is 11.8 Å². The maximum Gasteiger partial charge on any atom is 0.308 e. The molecule has 3 heterocycles. The molecule has 0 bridgehead atoms.